The van der Waals surface area contributed by atoms with Gasteiger partial charge < -0.3 is 10.6 Å². The van der Waals surface area contributed by atoms with Crippen LogP contribution < -0.4 is 10.6 Å². The second kappa shape index (κ2) is 5.80. The molecule has 1 aromatic heterocycles. The van der Waals surface area contributed by atoms with Crippen molar-refractivity contribution in [2.45, 2.75) is 33.2 Å². The molecule has 0 unspecified atom stereocenters. The Balaban J connectivity index is 2.89. The molecule has 16 heavy (non-hydrogen) atoms. The Morgan fingerprint density at radius 2 is 2.19 bits per heavy atom. The minimum Gasteiger partial charge on any atom is -0.388 e. The Bertz CT molecular complexity index is 346. The molecule has 0 saturated carbocycles. The minimum absolute atomic E-state index is 0.345. The van der Waals surface area contributed by atoms with Crippen molar-refractivity contribution in [2.24, 2.45) is 5.73 Å². The second-order valence-electron chi connectivity index (χ2n) is 4.05. The molecular weight excluding hydrogens is 218 g/mol. The fraction of sp³-hybridized carbons (Fsp3) is 0.500. The maximum absolute atomic E-state index is 5.51. The predicted molar refractivity (Wildman–Crippen MR) is 72.9 cm³/mol. The van der Waals surface area contributed by atoms with Gasteiger partial charge >= 0.3 is 0 Å². The van der Waals surface area contributed by atoms with Crippen LogP contribution in [0.2, 0.25) is 0 Å². The van der Waals surface area contributed by atoms with Crippen molar-refractivity contribution in [1.82, 2.24) is 4.98 Å². The topological polar surface area (TPSA) is 42.1 Å². The van der Waals surface area contributed by atoms with Crippen LogP contribution in [-0.4, -0.2) is 22.6 Å². The third-order valence-electron chi connectivity index (χ3n) is 2.42. The fourth-order valence-electron chi connectivity index (χ4n) is 1.63. The van der Waals surface area contributed by atoms with Crippen LogP contribution in [0.15, 0.2) is 18.3 Å². The van der Waals surface area contributed by atoms with Crippen LogP contribution in [0.4, 0.5) is 5.69 Å². The first-order valence-electron chi connectivity index (χ1n) is 5.58. The van der Waals surface area contributed by atoms with Gasteiger partial charge in [0.15, 0.2) is 0 Å². The quantitative estimate of drug-likeness (QED) is 0.798. The van der Waals surface area contributed by atoms with E-state index in [9.17, 15) is 0 Å². The van der Waals surface area contributed by atoms with E-state index in [2.05, 4.69) is 30.7 Å². The Morgan fingerprint density at radius 3 is 2.56 bits per heavy atom. The van der Waals surface area contributed by atoms with Gasteiger partial charge in [0.2, 0.25) is 0 Å². The smallest absolute Gasteiger partial charge is 0.122 e. The van der Waals surface area contributed by atoms with Gasteiger partial charge in [-0.05, 0) is 32.4 Å². The lowest BCUT2D eigenvalue weighted by Gasteiger charge is -2.28. The molecule has 1 rings (SSSR count). The first-order valence-corrected chi connectivity index (χ1v) is 5.99. The molecule has 2 N–H and O–H groups in total. The molecule has 0 atom stereocenters. The first kappa shape index (κ1) is 12.9. The number of nitrogens with two attached hydrogens (primary N) is 1. The van der Waals surface area contributed by atoms with E-state index in [-0.39, 0.29) is 0 Å². The van der Waals surface area contributed by atoms with Gasteiger partial charge in [-0.3, -0.25) is 4.98 Å². The SMILES string of the molecule is CCCN(c1ccc(C(N)=S)nc1)C(C)C. The van der Waals surface area contributed by atoms with Gasteiger partial charge in [-0.15, -0.1) is 0 Å². The van der Waals surface area contributed by atoms with Crippen LogP contribution in [0.25, 0.3) is 0 Å². The standard InChI is InChI=1S/C12H19N3S/c1-4-7-15(9(2)3)10-5-6-11(12(13)16)14-8-10/h5-6,8-9H,4,7H2,1-3H3,(H2,13,16). The van der Waals surface area contributed by atoms with Gasteiger partial charge in [0.05, 0.1) is 17.6 Å². The number of nitrogens with zero attached hydrogens (tertiary/aromatic N) is 2. The molecule has 0 aliphatic carbocycles. The van der Waals surface area contributed by atoms with Crippen LogP contribution in [-0.2, 0) is 0 Å². The van der Waals surface area contributed by atoms with E-state index in [1.165, 1.54) is 0 Å². The zero-order valence-corrected chi connectivity index (χ0v) is 10.9. The Morgan fingerprint density at radius 1 is 1.50 bits per heavy atom. The van der Waals surface area contributed by atoms with E-state index in [1.807, 2.05) is 18.3 Å². The van der Waals surface area contributed by atoms with Crippen molar-refractivity contribution in [3.05, 3.63) is 24.0 Å². The lowest BCUT2D eigenvalue weighted by atomic mass is 10.2. The van der Waals surface area contributed by atoms with Gasteiger partial charge in [-0.2, -0.15) is 0 Å². The van der Waals surface area contributed by atoms with Crippen LogP contribution in [0.5, 0.6) is 0 Å². The number of hydrogen-bond acceptors (Lipinski definition) is 3. The van der Waals surface area contributed by atoms with Crippen LogP contribution in [0.1, 0.15) is 32.9 Å². The van der Waals surface area contributed by atoms with Crippen LogP contribution in [0, 0.1) is 0 Å². The number of pyridine rings is 1. The molecule has 0 fully saturated rings. The van der Waals surface area contributed by atoms with Gasteiger partial charge in [-0.1, -0.05) is 19.1 Å². The summed E-state index contributed by atoms with van der Waals surface area (Å²) in [5.74, 6) is 0. The lowest BCUT2D eigenvalue weighted by Crippen LogP contribution is -2.31. The zero-order chi connectivity index (χ0) is 12.1. The summed E-state index contributed by atoms with van der Waals surface area (Å²) in [4.78, 5) is 6.92. The molecule has 1 aromatic rings. The first-order chi connectivity index (χ1) is 7.56. The summed E-state index contributed by atoms with van der Waals surface area (Å²) >= 11 is 4.88. The molecule has 0 aromatic carbocycles. The van der Waals surface area contributed by atoms with Crippen LogP contribution >= 0.6 is 12.2 Å². The van der Waals surface area contributed by atoms with Gasteiger partial charge in [0.25, 0.3) is 0 Å². The van der Waals surface area contributed by atoms with E-state index >= 15 is 0 Å². The highest BCUT2D eigenvalue weighted by Crippen LogP contribution is 2.16. The minimum atomic E-state index is 0.345. The summed E-state index contributed by atoms with van der Waals surface area (Å²) in [5.41, 5.74) is 7.32. The average molecular weight is 237 g/mol. The monoisotopic (exact) mass is 237 g/mol. The molecule has 1 heterocycles. The molecule has 3 nitrogen and oxygen atoms in total. The lowest BCUT2D eigenvalue weighted by molar-refractivity contribution is 0.670. The van der Waals surface area contributed by atoms with E-state index in [0.717, 1.165) is 18.7 Å². The van der Waals surface area contributed by atoms with Crippen molar-refractivity contribution in [1.29, 1.82) is 0 Å². The fourth-order valence-corrected chi connectivity index (χ4v) is 1.75. The van der Waals surface area contributed by atoms with Crippen molar-refractivity contribution < 1.29 is 0 Å². The number of rotatable bonds is 5. The maximum atomic E-state index is 5.51. The highest BCUT2D eigenvalue weighted by molar-refractivity contribution is 7.80. The van der Waals surface area contributed by atoms with Gasteiger partial charge in [0.1, 0.15) is 4.99 Å². The molecule has 0 bridgehead atoms. The average Bonchev–Trinajstić information content (AvgIpc) is 2.25. The Labute approximate surface area is 103 Å². The largest absolute Gasteiger partial charge is 0.388 e. The molecule has 0 radical (unpaired) electrons. The normalized spacial score (nSPS) is 10.5. The summed E-state index contributed by atoms with van der Waals surface area (Å²) in [6.45, 7) is 7.56. The van der Waals surface area contributed by atoms with Crippen molar-refractivity contribution in [3.63, 3.8) is 0 Å². The third kappa shape index (κ3) is 3.17. The molecule has 88 valence electrons. The molecule has 0 saturated heterocycles. The maximum Gasteiger partial charge on any atom is 0.122 e. The van der Waals surface area contributed by atoms with Crippen molar-refractivity contribution >= 4 is 22.9 Å². The summed E-state index contributed by atoms with van der Waals surface area (Å²) < 4.78 is 0. The van der Waals surface area contributed by atoms with Crippen LogP contribution in [0.3, 0.4) is 0 Å². The van der Waals surface area contributed by atoms with E-state index in [4.69, 9.17) is 18.0 Å². The summed E-state index contributed by atoms with van der Waals surface area (Å²) in [5, 5.41) is 0. The Kier molecular flexibility index (Phi) is 4.68. The molecule has 0 aliphatic heterocycles. The van der Waals surface area contributed by atoms with Gasteiger partial charge in [0, 0.05) is 12.6 Å². The van der Waals surface area contributed by atoms with Gasteiger partial charge in [-0.25, -0.2) is 0 Å². The second-order valence-corrected chi connectivity index (χ2v) is 4.49. The number of aromatic nitrogens is 1. The highest BCUT2D eigenvalue weighted by Gasteiger charge is 2.09. The number of anilines is 1. The summed E-state index contributed by atoms with van der Waals surface area (Å²) in [6.07, 6.45) is 2.96. The third-order valence-corrected chi connectivity index (χ3v) is 2.63. The molecule has 0 aliphatic rings. The highest BCUT2D eigenvalue weighted by atomic mass is 32.1. The molecule has 4 heteroatoms. The predicted octanol–water partition coefficient (Wildman–Crippen LogP) is 2.34. The number of hydrogen-bond donors (Lipinski definition) is 1. The summed E-state index contributed by atoms with van der Waals surface area (Å²) in [6, 6.07) is 4.37. The van der Waals surface area contributed by atoms with Crippen molar-refractivity contribution in [3.8, 4) is 0 Å². The Hall–Kier alpha value is -1.16. The van der Waals surface area contributed by atoms with E-state index in [1.54, 1.807) is 0 Å². The molecule has 0 amide bonds. The summed E-state index contributed by atoms with van der Waals surface area (Å²) in [7, 11) is 0. The molecule has 0 spiro atoms. The zero-order valence-electron chi connectivity index (χ0n) is 10.1. The van der Waals surface area contributed by atoms with E-state index < -0.39 is 0 Å². The van der Waals surface area contributed by atoms with Crippen molar-refractivity contribution in [2.75, 3.05) is 11.4 Å². The van der Waals surface area contributed by atoms with E-state index in [0.29, 0.717) is 16.7 Å². The molecular formula is C12H19N3S. The number of thiocarbonyl (C=S) groups is 1.